The first-order valence-corrected chi connectivity index (χ1v) is 8.43. The molecule has 0 bridgehead atoms. The molecule has 3 unspecified atom stereocenters. The van der Waals surface area contributed by atoms with Crippen LogP contribution in [0.15, 0.2) is 53.4 Å². The van der Waals surface area contributed by atoms with Gasteiger partial charge in [0, 0.05) is 10.0 Å². The molecule has 1 saturated heterocycles. The summed E-state index contributed by atoms with van der Waals surface area (Å²) in [5, 5.41) is 10.7. The van der Waals surface area contributed by atoms with Crippen LogP contribution < -0.4 is 0 Å². The predicted molar refractivity (Wildman–Crippen MR) is 80.2 cm³/mol. The molecule has 0 amide bonds. The van der Waals surface area contributed by atoms with E-state index in [1.54, 1.807) is 24.3 Å². The van der Waals surface area contributed by atoms with E-state index in [9.17, 15) is 13.6 Å². The van der Waals surface area contributed by atoms with Gasteiger partial charge in [-0.2, -0.15) is 5.06 Å². The molecule has 0 aliphatic carbocycles. The number of hydrogen-bond acceptors (Lipinski definition) is 4. The van der Waals surface area contributed by atoms with Gasteiger partial charge in [-0.25, -0.2) is 8.42 Å². The number of benzene rings is 2. The van der Waals surface area contributed by atoms with Crippen LogP contribution in [0.5, 0.6) is 0 Å². The van der Waals surface area contributed by atoms with Gasteiger partial charge in [-0.05, 0) is 42.0 Å². The van der Waals surface area contributed by atoms with Crippen molar-refractivity contribution >= 4 is 33.0 Å². The first-order valence-electron chi connectivity index (χ1n) is 6.13. The first kappa shape index (κ1) is 14.8. The molecule has 1 aliphatic heterocycles. The van der Waals surface area contributed by atoms with Crippen LogP contribution in [0.3, 0.4) is 0 Å². The van der Waals surface area contributed by atoms with Crippen molar-refractivity contribution in [2.24, 2.45) is 0 Å². The van der Waals surface area contributed by atoms with Gasteiger partial charge in [-0.15, -0.1) is 0 Å². The van der Waals surface area contributed by atoms with Gasteiger partial charge in [0.05, 0.1) is 10.9 Å². The molecule has 2 aromatic rings. The molecule has 7 heteroatoms. The molecule has 3 atom stereocenters. The van der Waals surface area contributed by atoms with E-state index in [-0.39, 0.29) is 4.90 Å². The third-order valence-corrected chi connectivity index (χ3v) is 5.94. The highest BCUT2D eigenvalue weighted by Crippen LogP contribution is 2.46. The SMILES string of the molecule is O=S(=O)(c1ccc(Cl)cc1)C1C(c2ccc(Cl)cc2)N1O. The Balaban J connectivity index is 1.91. The summed E-state index contributed by atoms with van der Waals surface area (Å²) in [6.45, 7) is 0. The summed E-state index contributed by atoms with van der Waals surface area (Å²) >= 11 is 11.6. The lowest BCUT2D eigenvalue weighted by Gasteiger charge is -2.02. The monoisotopic (exact) mass is 343 g/mol. The van der Waals surface area contributed by atoms with Gasteiger partial charge in [-0.3, -0.25) is 0 Å². The van der Waals surface area contributed by atoms with E-state index in [4.69, 9.17) is 23.2 Å². The van der Waals surface area contributed by atoms with E-state index in [1.807, 2.05) is 0 Å². The molecule has 0 saturated carbocycles. The summed E-state index contributed by atoms with van der Waals surface area (Å²) in [5.41, 5.74) is 0.699. The molecule has 4 nitrogen and oxygen atoms in total. The zero-order valence-corrected chi connectivity index (χ0v) is 13.0. The van der Waals surface area contributed by atoms with Crippen LogP contribution in [-0.2, 0) is 9.84 Å². The lowest BCUT2D eigenvalue weighted by atomic mass is 10.2. The van der Waals surface area contributed by atoms with E-state index in [1.165, 1.54) is 24.3 Å². The predicted octanol–water partition coefficient (Wildman–Crippen LogP) is 3.54. The normalized spacial score (nSPS) is 24.8. The average Bonchev–Trinajstić information content (AvgIpc) is 3.12. The molecule has 1 fully saturated rings. The van der Waals surface area contributed by atoms with E-state index < -0.39 is 21.3 Å². The number of hydroxylamine groups is 2. The maximum Gasteiger partial charge on any atom is 0.198 e. The number of halogens is 2. The van der Waals surface area contributed by atoms with Gasteiger partial charge in [-0.1, -0.05) is 35.3 Å². The zero-order valence-electron chi connectivity index (χ0n) is 10.6. The minimum atomic E-state index is -3.65. The number of hydrogen-bond donors (Lipinski definition) is 1. The van der Waals surface area contributed by atoms with Crippen LogP contribution in [0.2, 0.25) is 10.0 Å². The minimum Gasteiger partial charge on any atom is -0.312 e. The smallest absolute Gasteiger partial charge is 0.198 e. The van der Waals surface area contributed by atoms with Crippen molar-refractivity contribution < 1.29 is 13.6 Å². The minimum absolute atomic E-state index is 0.132. The Labute approximate surface area is 132 Å². The van der Waals surface area contributed by atoms with Crippen molar-refractivity contribution in [3.63, 3.8) is 0 Å². The molecule has 0 radical (unpaired) electrons. The van der Waals surface area contributed by atoms with Crippen LogP contribution in [0, 0.1) is 0 Å². The largest absolute Gasteiger partial charge is 0.312 e. The van der Waals surface area contributed by atoms with E-state index in [0.717, 1.165) is 5.06 Å². The van der Waals surface area contributed by atoms with Crippen molar-refractivity contribution in [1.29, 1.82) is 0 Å². The summed E-state index contributed by atoms with van der Waals surface area (Å²) in [5.74, 6) is 0. The van der Waals surface area contributed by atoms with E-state index >= 15 is 0 Å². The Bertz CT molecular complexity index is 760. The summed E-state index contributed by atoms with van der Waals surface area (Å²) in [6.07, 6.45) is 0. The molecule has 1 N–H and O–H groups in total. The second-order valence-corrected chi connectivity index (χ2v) is 7.68. The molecular weight excluding hydrogens is 333 g/mol. The van der Waals surface area contributed by atoms with Gasteiger partial charge in [0.15, 0.2) is 15.2 Å². The lowest BCUT2D eigenvalue weighted by molar-refractivity contribution is 0.0136. The number of rotatable bonds is 3. The maximum atomic E-state index is 12.5. The highest BCUT2D eigenvalue weighted by atomic mass is 35.5. The Morgan fingerprint density at radius 3 is 1.90 bits per heavy atom. The second kappa shape index (κ2) is 5.26. The van der Waals surface area contributed by atoms with Gasteiger partial charge >= 0.3 is 0 Å². The standard InChI is InChI=1S/C14H11Cl2NO3S/c15-10-3-1-9(2-4-10)13-14(17(13)18)21(19,20)12-7-5-11(16)6-8-12/h1-8,13-14,18H. The molecule has 3 rings (SSSR count). The van der Waals surface area contributed by atoms with Gasteiger partial charge in [0.25, 0.3) is 0 Å². The fourth-order valence-electron chi connectivity index (χ4n) is 2.25. The fraction of sp³-hybridized carbons (Fsp3) is 0.143. The Morgan fingerprint density at radius 1 is 0.905 bits per heavy atom. The number of nitrogens with zero attached hydrogens (tertiary/aromatic N) is 1. The average molecular weight is 344 g/mol. The molecule has 110 valence electrons. The van der Waals surface area contributed by atoms with Gasteiger partial charge < -0.3 is 5.21 Å². The molecule has 21 heavy (non-hydrogen) atoms. The first-order chi connectivity index (χ1) is 9.91. The van der Waals surface area contributed by atoms with Crippen molar-refractivity contribution in [3.05, 3.63) is 64.1 Å². The number of sulfone groups is 1. The van der Waals surface area contributed by atoms with Crippen LogP contribution >= 0.6 is 23.2 Å². The lowest BCUT2D eigenvalue weighted by Crippen LogP contribution is -2.12. The second-order valence-electron chi connectivity index (χ2n) is 4.77. The molecule has 1 aliphatic rings. The molecule has 0 aromatic heterocycles. The topological polar surface area (TPSA) is 57.4 Å². The molecular formula is C14H11Cl2NO3S. The van der Waals surface area contributed by atoms with E-state index in [0.29, 0.717) is 15.6 Å². The van der Waals surface area contributed by atoms with E-state index in [2.05, 4.69) is 0 Å². The van der Waals surface area contributed by atoms with Crippen molar-refractivity contribution in [2.75, 3.05) is 0 Å². The Hall–Kier alpha value is -1.11. The summed E-state index contributed by atoms with van der Waals surface area (Å²) in [6, 6.07) is 12.0. The highest BCUT2D eigenvalue weighted by molar-refractivity contribution is 7.92. The molecule has 0 spiro atoms. The summed E-state index contributed by atoms with van der Waals surface area (Å²) in [4.78, 5) is 0.132. The maximum absolute atomic E-state index is 12.5. The van der Waals surface area contributed by atoms with Crippen LogP contribution in [0.4, 0.5) is 0 Å². The quantitative estimate of drug-likeness (QED) is 0.866. The van der Waals surface area contributed by atoms with Gasteiger partial charge in [0.1, 0.15) is 0 Å². The van der Waals surface area contributed by atoms with Crippen LogP contribution in [-0.4, -0.2) is 24.1 Å². The van der Waals surface area contributed by atoms with Crippen molar-refractivity contribution in [1.82, 2.24) is 5.06 Å². The fourth-order valence-corrected chi connectivity index (χ4v) is 4.26. The van der Waals surface area contributed by atoms with Crippen molar-refractivity contribution in [3.8, 4) is 0 Å². The highest BCUT2D eigenvalue weighted by Gasteiger charge is 2.57. The van der Waals surface area contributed by atoms with Crippen LogP contribution in [0.1, 0.15) is 11.6 Å². The third-order valence-electron chi connectivity index (χ3n) is 3.40. The Morgan fingerprint density at radius 2 is 1.38 bits per heavy atom. The van der Waals surface area contributed by atoms with Crippen LogP contribution in [0.25, 0.3) is 0 Å². The summed E-state index contributed by atoms with van der Waals surface area (Å²) in [7, 11) is -3.65. The Kier molecular flexibility index (Phi) is 3.71. The molecule has 1 heterocycles. The zero-order chi connectivity index (χ0) is 15.2. The van der Waals surface area contributed by atoms with Crippen molar-refractivity contribution in [2.45, 2.75) is 16.3 Å². The third kappa shape index (κ3) is 2.67. The van der Waals surface area contributed by atoms with Gasteiger partial charge in [0.2, 0.25) is 0 Å². The molecule has 2 aromatic carbocycles. The summed E-state index contributed by atoms with van der Waals surface area (Å²) < 4.78 is 25.0.